The molecular formula is C11H11F5N2O2. The van der Waals surface area contributed by atoms with E-state index in [0.717, 1.165) is 0 Å². The fourth-order valence-electron chi connectivity index (χ4n) is 1.48. The van der Waals surface area contributed by atoms with Gasteiger partial charge in [0, 0.05) is 0 Å². The molecule has 1 rings (SSSR count). The van der Waals surface area contributed by atoms with Gasteiger partial charge >= 0.3 is 12.1 Å². The third kappa shape index (κ3) is 3.78. The van der Waals surface area contributed by atoms with E-state index in [9.17, 15) is 26.7 Å². The first-order chi connectivity index (χ1) is 9.16. The van der Waals surface area contributed by atoms with Gasteiger partial charge in [-0.15, -0.1) is 0 Å². The van der Waals surface area contributed by atoms with Gasteiger partial charge in [-0.05, 0) is 13.0 Å². The lowest BCUT2D eigenvalue weighted by Crippen LogP contribution is -2.16. The maximum Gasteiger partial charge on any atom is 0.418 e. The van der Waals surface area contributed by atoms with Crippen molar-refractivity contribution in [2.45, 2.75) is 25.9 Å². The summed E-state index contributed by atoms with van der Waals surface area (Å²) in [5.41, 5.74) is 0.802. The molecule has 1 aromatic heterocycles. The van der Waals surface area contributed by atoms with Crippen LogP contribution in [0, 0.1) is 0 Å². The number of halogens is 5. The van der Waals surface area contributed by atoms with E-state index in [0.29, 0.717) is 6.07 Å². The Kier molecular flexibility index (Phi) is 4.85. The van der Waals surface area contributed by atoms with E-state index in [1.165, 1.54) is 6.92 Å². The molecule has 0 aliphatic rings. The van der Waals surface area contributed by atoms with Crippen molar-refractivity contribution >= 4 is 11.7 Å². The summed E-state index contributed by atoms with van der Waals surface area (Å²) in [6.07, 6.45) is -8.84. The van der Waals surface area contributed by atoms with Gasteiger partial charge in [0.15, 0.2) is 0 Å². The number of pyridine rings is 1. The number of carbonyl (C=O) groups excluding carboxylic acids is 1. The number of rotatable bonds is 4. The molecule has 1 heterocycles. The SMILES string of the molecule is CCOC(=O)Cc1cc(C(F)(F)F)c(N)c(C(F)F)n1. The molecule has 0 atom stereocenters. The van der Waals surface area contributed by atoms with Gasteiger partial charge in [0.25, 0.3) is 6.43 Å². The van der Waals surface area contributed by atoms with Gasteiger partial charge in [-0.2, -0.15) is 13.2 Å². The minimum atomic E-state index is -4.92. The van der Waals surface area contributed by atoms with Crippen LogP contribution < -0.4 is 5.73 Å². The molecule has 0 saturated carbocycles. The second-order valence-corrected chi connectivity index (χ2v) is 3.74. The summed E-state index contributed by atoms with van der Waals surface area (Å²) < 4.78 is 67.9. The van der Waals surface area contributed by atoms with Crippen LogP contribution >= 0.6 is 0 Å². The molecule has 0 amide bonds. The number of aromatic nitrogens is 1. The van der Waals surface area contributed by atoms with Crippen LogP contribution in [0.15, 0.2) is 6.07 Å². The van der Waals surface area contributed by atoms with Crippen molar-refractivity contribution < 1.29 is 31.5 Å². The summed E-state index contributed by atoms with van der Waals surface area (Å²) in [4.78, 5) is 14.5. The number of anilines is 1. The number of ether oxygens (including phenoxy) is 1. The molecule has 2 N–H and O–H groups in total. The number of nitrogen functional groups attached to an aromatic ring is 1. The molecule has 0 radical (unpaired) electrons. The van der Waals surface area contributed by atoms with Gasteiger partial charge in [-0.25, -0.2) is 13.8 Å². The number of esters is 1. The van der Waals surface area contributed by atoms with Gasteiger partial charge < -0.3 is 10.5 Å². The van der Waals surface area contributed by atoms with Crippen LogP contribution in [0.2, 0.25) is 0 Å². The lowest BCUT2D eigenvalue weighted by atomic mass is 10.1. The maximum atomic E-state index is 12.7. The highest BCUT2D eigenvalue weighted by molar-refractivity contribution is 5.72. The Balaban J connectivity index is 3.26. The smallest absolute Gasteiger partial charge is 0.418 e. The molecule has 0 fully saturated rings. The van der Waals surface area contributed by atoms with E-state index in [4.69, 9.17) is 5.73 Å². The van der Waals surface area contributed by atoms with Gasteiger partial charge in [0.1, 0.15) is 5.69 Å². The highest BCUT2D eigenvalue weighted by atomic mass is 19.4. The van der Waals surface area contributed by atoms with Crippen LogP contribution in [0.25, 0.3) is 0 Å². The minimum absolute atomic E-state index is 0.0155. The Morgan fingerprint density at radius 1 is 1.45 bits per heavy atom. The second-order valence-electron chi connectivity index (χ2n) is 3.74. The van der Waals surface area contributed by atoms with E-state index in [1.54, 1.807) is 0 Å². The van der Waals surface area contributed by atoms with Crippen molar-refractivity contribution in [3.63, 3.8) is 0 Å². The van der Waals surface area contributed by atoms with Gasteiger partial charge in [0.2, 0.25) is 0 Å². The zero-order valence-corrected chi connectivity index (χ0v) is 10.3. The number of nitrogens with two attached hydrogens (primary N) is 1. The van der Waals surface area contributed by atoms with Gasteiger partial charge in [-0.1, -0.05) is 0 Å². The van der Waals surface area contributed by atoms with Gasteiger partial charge in [0.05, 0.1) is 30.0 Å². The number of hydrogen-bond donors (Lipinski definition) is 1. The zero-order chi connectivity index (χ0) is 15.5. The predicted molar refractivity (Wildman–Crippen MR) is 58.9 cm³/mol. The van der Waals surface area contributed by atoms with Crippen molar-refractivity contribution in [1.82, 2.24) is 4.98 Å². The molecule has 0 aliphatic heterocycles. The summed E-state index contributed by atoms with van der Waals surface area (Å²) >= 11 is 0. The molecule has 1 aromatic rings. The molecule has 0 saturated heterocycles. The first-order valence-electron chi connectivity index (χ1n) is 5.47. The summed E-state index contributed by atoms with van der Waals surface area (Å²) in [6, 6.07) is 0.470. The summed E-state index contributed by atoms with van der Waals surface area (Å²) in [5, 5.41) is 0. The van der Waals surface area contributed by atoms with Crippen molar-refractivity contribution in [2.75, 3.05) is 12.3 Å². The van der Waals surface area contributed by atoms with Crippen LogP contribution in [-0.2, 0) is 22.1 Å². The van der Waals surface area contributed by atoms with E-state index >= 15 is 0 Å². The first-order valence-corrected chi connectivity index (χ1v) is 5.47. The third-order valence-electron chi connectivity index (χ3n) is 2.28. The van der Waals surface area contributed by atoms with Crippen molar-refractivity contribution in [2.24, 2.45) is 0 Å². The Morgan fingerprint density at radius 3 is 2.50 bits per heavy atom. The number of hydrogen-bond acceptors (Lipinski definition) is 4. The minimum Gasteiger partial charge on any atom is -0.466 e. The van der Waals surface area contributed by atoms with Crippen molar-refractivity contribution in [3.8, 4) is 0 Å². The summed E-state index contributed by atoms with van der Waals surface area (Å²) in [7, 11) is 0. The largest absolute Gasteiger partial charge is 0.466 e. The fourth-order valence-corrected chi connectivity index (χ4v) is 1.48. The van der Waals surface area contributed by atoms with Crippen LogP contribution in [0.4, 0.5) is 27.6 Å². The van der Waals surface area contributed by atoms with Crippen LogP contribution in [0.5, 0.6) is 0 Å². The number of carbonyl (C=O) groups is 1. The molecule has 0 aliphatic carbocycles. The van der Waals surface area contributed by atoms with E-state index in [-0.39, 0.29) is 6.61 Å². The fraction of sp³-hybridized carbons (Fsp3) is 0.455. The zero-order valence-electron chi connectivity index (χ0n) is 10.3. The molecule has 0 unspecified atom stereocenters. The first kappa shape index (κ1) is 16.1. The highest BCUT2D eigenvalue weighted by Crippen LogP contribution is 2.37. The normalized spacial score (nSPS) is 11.8. The Hall–Kier alpha value is -1.93. The Bertz CT molecular complexity index is 502. The Morgan fingerprint density at radius 2 is 2.05 bits per heavy atom. The maximum absolute atomic E-state index is 12.7. The van der Waals surface area contributed by atoms with Crippen LogP contribution in [0.3, 0.4) is 0 Å². The van der Waals surface area contributed by atoms with Gasteiger partial charge in [-0.3, -0.25) is 4.79 Å². The number of nitrogens with zero attached hydrogens (tertiary/aromatic N) is 1. The predicted octanol–water partition coefficient (Wildman–Crippen LogP) is 2.73. The quantitative estimate of drug-likeness (QED) is 0.685. The second kappa shape index (κ2) is 6.02. The van der Waals surface area contributed by atoms with Crippen molar-refractivity contribution in [3.05, 3.63) is 23.0 Å². The molecule has 20 heavy (non-hydrogen) atoms. The van der Waals surface area contributed by atoms with E-state index < -0.39 is 47.6 Å². The molecule has 0 spiro atoms. The lowest BCUT2D eigenvalue weighted by Gasteiger charge is -2.14. The topological polar surface area (TPSA) is 65.2 Å². The standard InChI is InChI=1S/C11H11F5N2O2/c1-2-20-7(19)4-5-3-6(11(14,15)16)8(17)9(18-5)10(12)13/h3,10H,2,4,17H2,1H3. The molecular weight excluding hydrogens is 287 g/mol. The highest BCUT2D eigenvalue weighted by Gasteiger charge is 2.36. The average Bonchev–Trinajstić information content (AvgIpc) is 2.29. The van der Waals surface area contributed by atoms with E-state index in [1.807, 2.05) is 0 Å². The molecule has 112 valence electrons. The molecule has 0 aromatic carbocycles. The average molecular weight is 298 g/mol. The van der Waals surface area contributed by atoms with Crippen LogP contribution in [0.1, 0.15) is 30.3 Å². The summed E-state index contributed by atoms with van der Waals surface area (Å²) in [6.45, 7) is 1.52. The Labute approximate surface area is 110 Å². The molecule has 0 bridgehead atoms. The van der Waals surface area contributed by atoms with Crippen LogP contribution in [-0.4, -0.2) is 17.6 Å². The third-order valence-corrected chi connectivity index (χ3v) is 2.28. The van der Waals surface area contributed by atoms with Crippen molar-refractivity contribution in [1.29, 1.82) is 0 Å². The lowest BCUT2D eigenvalue weighted by molar-refractivity contribution is -0.142. The molecule has 9 heteroatoms. The summed E-state index contributed by atoms with van der Waals surface area (Å²) in [5.74, 6) is -0.863. The monoisotopic (exact) mass is 298 g/mol. The molecule has 4 nitrogen and oxygen atoms in total. The number of alkyl halides is 5. The van der Waals surface area contributed by atoms with E-state index in [2.05, 4.69) is 9.72 Å².